The summed E-state index contributed by atoms with van der Waals surface area (Å²) < 4.78 is 11.1. The molecule has 1 amide bonds. The van der Waals surface area contributed by atoms with Gasteiger partial charge in [0.05, 0.1) is 6.61 Å². The third-order valence-electron chi connectivity index (χ3n) is 4.67. The Kier molecular flexibility index (Phi) is 9.58. The second kappa shape index (κ2) is 12.4. The third kappa shape index (κ3) is 8.52. The van der Waals surface area contributed by atoms with E-state index < -0.39 is 18.2 Å². The lowest BCUT2D eigenvalue weighted by atomic mass is 9.93. The molecule has 31 heavy (non-hydrogen) atoms. The highest BCUT2D eigenvalue weighted by atomic mass is 16.6. The minimum absolute atomic E-state index is 0.0635. The molecule has 7 nitrogen and oxygen atoms in total. The van der Waals surface area contributed by atoms with E-state index in [0.717, 1.165) is 17.2 Å². The van der Waals surface area contributed by atoms with Crippen LogP contribution in [0.4, 0.5) is 10.5 Å². The highest BCUT2D eigenvalue weighted by Gasteiger charge is 2.23. The summed E-state index contributed by atoms with van der Waals surface area (Å²) in [7, 11) is 0. The molecular formula is C24H29NO6. The topological polar surface area (TPSA) is 105 Å². The number of carbonyl (C=O) groups is 2. The van der Waals surface area contributed by atoms with Gasteiger partial charge in [0.15, 0.2) is 0 Å². The lowest BCUT2D eigenvalue weighted by molar-refractivity contribution is -0.131. The molecule has 0 radical (unpaired) electrons. The van der Waals surface area contributed by atoms with Crippen LogP contribution in [-0.4, -0.2) is 35.5 Å². The molecule has 2 rings (SSSR count). The van der Waals surface area contributed by atoms with Crippen LogP contribution < -0.4 is 10.1 Å². The molecule has 0 spiro atoms. The molecule has 0 aliphatic carbocycles. The molecule has 0 heterocycles. The number of aliphatic hydroxyl groups is 1. The molecule has 166 valence electrons. The summed E-state index contributed by atoms with van der Waals surface area (Å²) in [5, 5.41) is 20.4. The largest absolute Gasteiger partial charge is 0.491 e. The highest BCUT2D eigenvalue weighted by molar-refractivity contribution is 5.84. The van der Waals surface area contributed by atoms with Crippen LogP contribution >= 0.6 is 0 Å². The summed E-state index contributed by atoms with van der Waals surface area (Å²) in [5.41, 5.74) is 2.52. The number of hydrogen-bond acceptors (Lipinski definition) is 5. The van der Waals surface area contributed by atoms with E-state index in [1.807, 2.05) is 38.1 Å². The fourth-order valence-electron chi connectivity index (χ4n) is 3.02. The molecule has 3 N–H and O–H groups in total. The number of aliphatic carboxylic acids is 1. The van der Waals surface area contributed by atoms with Crippen molar-refractivity contribution in [3.8, 4) is 5.75 Å². The van der Waals surface area contributed by atoms with Crippen molar-refractivity contribution in [2.24, 2.45) is 5.92 Å². The van der Waals surface area contributed by atoms with Crippen LogP contribution in [0.25, 0.3) is 0 Å². The number of aryl methyl sites for hydroxylation is 1. The maximum Gasteiger partial charge on any atom is 0.412 e. The van der Waals surface area contributed by atoms with Gasteiger partial charge in [-0.3, -0.25) is 5.32 Å². The van der Waals surface area contributed by atoms with Crippen molar-refractivity contribution >= 4 is 17.7 Å². The molecule has 0 saturated heterocycles. The number of anilines is 1. The van der Waals surface area contributed by atoms with E-state index in [0.29, 0.717) is 24.3 Å². The summed E-state index contributed by atoms with van der Waals surface area (Å²) in [4.78, 5) is 23.2. The molecule has 0 fully saturated rings. The minimum Gasteiger partial charge on any atom is -0.491 e. The van der Waals surface area contributed by atoms with Crippen LogP contribution in [-0.2, 0) is 9.53 Å². The van der Waals surface area contributed by atoms with Gasteiger partial charge in [0.1, 0.15) is 18.5 Å². The molecule has 2 aromatic rings. The Morgan fingerprint density at radius 1 is 1.10 bits per heavy atom. The Hall–Kier alpha value is -3.32. The fraction of sp³-hybridized carbons (Fsp3) is 0.333. The standard InChI is InChI=1S/C24H29NO6/c1-17-7-11-20(12-8-17)25-24(29)31-23(18(2)5-3-4-6-22(27)28)19-9-13-21(14-10-19)30-16-15-26/h4,6-14,18,23,26H,3,5,15-16H2,1-2H3,(H,25,29)(H,27,28)/b6-4+/t18-,23+/m0/s1. The van der Waals surface area contributed by atoms with Crippen molar-refractivity contribution in [3.05, 3.63) is 71.8 Å². The Morgan fingerprint density at radius 2 is 1.77 bits per heavy atom. The van der Waals surface area contributed by atoms with Crippen molar-refractivity contribution in [2.45, 2.75) is 32.8 Å². The number of hydrogen-bond donors (Lipinski definition) is 3. The van der Waals surface area contributed by atoms with Crippen LogP contribution in [0.3, 0.4) is 0 Å². The highest BCUT2D eigenvalue weighted by Crippen LogP contribution is 2.31. The maximum absolute atomic E-state index is 12.5. The molecule has 7 heteroatoms. The van der Waals surface area contributed by atoms with Crippen LogP contribution in [0.5, 0.6) is 5.75 Å². The van der Waals surface area contributed by atoms with Gasteiger partial charge < -0.3 is 19.7 Å². The van der Waals surface area contributed by atoms with Gasteiger partial charge in [0.25, 0.3) is 0 Å². The van der Waals surface area contributed by atoms with Crippen molar-refractivity contribution in [3.63, 3.8) is 0 Å². The Bertz CT molecular complexity index is 861. The zero-order valence-electron chi connectivity index (χ0n) is 17.8. The quantitative estimate of drug-likeness (QED) is 0.449. The minimum atomic E-state index is -0.989. The summed E-state index contributed by atoms with van der Waals surface area (Å²) in [6.07, 6.45) is 2.78. The number of aliphatic hydroxyl groups excluding tert-OH is 1. The lowest BCUT2D eigenvalue weighted by Gasteiger charge is -2.25. The number of rotatable bonds is 11. The van der Waals surface area contributed by atoms with Gasteiger partial charge in [0, 0.05) is 11.8 Å². The van der Waals surface area contributed by atoms with Gasteiger partial charge in [0.2, 0.25) is 0 Å². The van der Waals surface area contributed by atoms with E-state index in [1.165, 1.54) is 0 Å². The summed E-state index contributed by atoms with van der Waals surface area (Å²) in [6, 6.07) is 14.6. The van der Waals surface area contributed by atoms with Crippen molar-refractivity contribution < 1.29 is 29.3 Å². The summed E-state index contributed by atoms with van der Waals surface area (Å²) >= 11 is 0. The first-order valence-electron chi connectivity index (χ1n) is 10.2. The molecule has 2 atom stereocenters. The summed E-state index contributed by atoms with van der Waals surface area (Å²) in [6.45, 7) is 4.04. The number of carboxylic acid groups (broad SMARTS) is 1. The predicted octanol–water partition coefficient (Wildman–Crippen LogP) is 4.71. The van der Waals surface area contributed by atoms with E-state index >= 15 is 0 Å². The number of carboxylic acids is 1. The number of nitrogens with one attached hydrogen (secondary N) is 1. The normalized spacial score (nSPS) is 12.9. The molecule has 0 saturated carbocycles. The second-order valence-electron chi connectivity index (χ2n) is 7.25. The maximum atomic E-state index is 12.5. The first-order chi connectivity index (χ1) is 14.9. The number of allylic oxidation sites excluding steroid dienone is 1. The van der Waals surface area contributed by atoms with Gasteiger partial charge in [-0.1, -0.05) is 42.8 Å². The average molecular weight is 427 g/mol. The molecule has 0 bridgehead atoms. The fourth-order valence-corrected chi connectivity index (χ4v) is 3.02. The zero-order valence-corrected chi connectivity index (χ0v) is 17.8. The van der Waals surface area contributed by atoms with Crippen molar-refractivity contribution in [1.29, 1.82) is 0 Å². The second-order valence-corrected chi connectivity index (χ2v) is 7.25. The van der Waals surface area contributed by atoms with Gasteiger partial charge in [-0.2, -0.15) is 0 Å². The van der Waals surface area contributed by atoms with Gasteiger partial charge in [-0.15, -0.1) is 0 Å². The van der Waals surface area contributed by atoms with Crippen LogP contribution in [0.1, 0.15) is 37.0 Å². The Labute approximate surface area is 182 Å². The van der Waals surface area contributed by atoms with E-state index in [4.69, 9.17) is 19.7 Å². The number of amides is 1. The monoisotopic (exact) mass is 427 g/mol. The summed E-state index contributed by atoms with van der Waals surface area (Å²) in [5.74, 6) is -0.444. The third-order valence-corrected chi connectivity index (χ3v) is 4.67. The van der Waals surface area contributed by atoms with E-state index in [9.17, 15) is 9.59 Å². The molecule has 0 aliphatic heterocycles. The molecule has 2 aromatic carbocycles. The first kappa shape index (κ1) is 24.0. The molecule has 0 aromatic heterocycles. The smallest absolute Gasteiger partial charge is 0.412 e. The molecule has 0 aliphatic rings. The predicted molar refractivity (Wildman–Crippen MR) is 118 cm³/mol. The van der Waals surface area contributed by atoms with Gasteiger partial charge in [-0.05, 0) is 55.5 Å². The van der Waals surface area contributed by atoms with E-state index in [2.05, 4.69) is 5.32 Å². The van der Waals surface area contributed by atoms with Crippen molar-refractivity contribution in [1.82, 2.24) is 0 Å². The average Bonchev–Trinajstić information content (AvgIpc) is 2.75. The van der Waals surface area contributed by atoms with E-state index in [1.54, 1.807) is 30.3 Å². The Morgan fingerprint density at radius 3 is 2.39 bits per heavy atom. The molecular weight excluding hydrogens is 398 g/mol. The number of benzene rings is 2. The number of carbonyl (C=O) groups excluding carboxylic acids is 1. The van der Waals surface area contributed by atoms with Crippen LogP contribution in [0, 0.1) is 12.8 Å². The molecule has 0 unspecified atom stereocenters. The SMILES string of the molecule is Cc1ccc(NC(=O)O[C@@H](c2ccc(OCCO)cc2)[C@@H](C)CC/C=C/C(=O)O)cc1. The van der Waals surface area contributed by atoms with E-state index in [-0.39, 0.29) is 19.1 Å². The zero-order chi connectivity index (χ0) is 22.6. The van der Waals surface area contributed by atoms with Gasteiger partial charge in [-0.25, -0.2) is 9.59 Å². The number of ether oxygens (including phenoxy) is 2. The van der Waals surface area contributed by atoms with Gasteiger partial charge >= 0.3 is 12.1 Å². The first-order valence-corrected chi connectivity index (χ1v) is 10.2. The van der Waals surface area contributed by atoms with Crippen molar-refractivity contribution in [2.75, 3.05) is 18.5 Å². The van der Waals surface area contributed by atoms with Crippen LogP contribution in [0.2, 0.25) is 0 Å². The van der Waals surface area contributed by atoms with Crippen LogP contribution in [0.15, 0.2) is 60.7 Å². The Balaban J connectivity index is 2.11. The lowest BCUT2D eigenvalue weighted by Crippen LogP contribution is -2.22.